The van der Waals surface area contributed by atoms with Gasteiger partial charge >= 0.3 is 11.9 Å². The monoisotopic (exact) mass is 446 g/mol. The highest BCUT2D eigenvalue weighted by Gasteiger charge is 2.20. The van der Waals surface area contributed by atoms with Gasteiger partial charge in [0, 0.05) is 31.5 Å². The second kappa shape index (κ2) is 7.85. The van der Waals surface area contributed by atoms with Crippen LogP contribution in [0.4, 0.5) is 0 Å². The topological polar surface area (TPSA) is 92.0 Å². The Labute approximate surface area is 167 Å². The lowest BCUT2D eigenvalue weighted by Crippen LogP contribution is -2.10. The van der Waals surface area contributed by atoms with Gasteiger partial charge in [0.05, 0.1) is 7.11 Å². The highest BCUT2D eigenvalue weighted by Crippen LogP contribution is 2.36. The molecule has 0 saturated carbocycles. The first-order chi connectivity index (χ1) is 13.3. The van der Waals surface area contributed by atoms with E-state index in [1.54, 1.807) is 31.4 Å². The Morgan fingerprint density at radius 2 is 1.61 bits per heavy atom. The molecule has 8 heteroatoms. The second-order valence-corrected chi connectivity index (χ2v) is 6.58. The highest BCUT2D eigenvalue weighted by atomic mass is 79.9. The third kappa shape index (κ3) is 3.91. The van der Waals surface area contributed by atoms with Gasteiger partial charge in [0.2, 0.25) is 5.43 Å². The predicted molar refractivity (Wildman–Crippen MR) is 105 cm³/mol. The standard InChI is InChI=1S/C20H15BrO7/c1-10(22)26-14-8-15(27-11(2)23)17-16(9-14)28-20(18(21)19(17)24)12-4-6-13(25-3)7-5-12/h4-9H,1-3H3. The lowest BCUT2D eigenvalue weighted by molar-refractivity contribution is -0.132. The number of hydrogen-bond donors (Lipinski definition) is 0. The van der Waals surface area contributed by atoms with E-state index in [0.717, 1.165) is 0 Å². The van der Waals surface area contributed by atoms with Gasteiger partial charge < -0.3 is 18.6 Å². The molecule has 0 bridgehead atoms. The molecule has 144 valence electrons. The Morgan fingerprint density at radius 3 is 2.18 bits per heavy atom. The lowest BCUT2D eigenvalue weighted by atomic mass is 10.1. The molecular weight excluding hydrogens is 432 g/mol. The van der Waals surface area contributed by atoms with E-state index in [2.05, 4.69) is 15.9 Å². The lowest BCUT2D eigenvalue weighted by Gasteiger charge is -2.11. The number of esters is 2. The van der Waals surface area contributed by atoms with Crippen LogP contribution in [-0.4, -0.2) is 19.0 Å². The van der Waals surface area contributed by atoms with Gasteiger partial charge in [0.15, 0.2) is 5.76 Å². The molecule has 0 radical (unpaired) electrons. The van der Waals surface area contributed by atoms with Crippen molar-refractivity contribution in [3.8, 4) is 28.6 Å². The van der Waals surface area contributed by atoms with E-state index in [1.165, 1.54) is 26.0 Å². The first-order valence-electron chi connectivity index (χ1n) is 8.11. The Hall–Kier alpha value is -3.13. The average Bonchev–Trinajstić information content (AvgIpc) is 2.63. The number of ether oxygens (including phenoxy) is 3. The molecule has 0 fully saturated rings. The Balaban J connectivity index is 2.28. The van der Waals surface area contributed by atoms with E-state index in [0.29, 0.717) is 11.3 Å². The molecule has 0 aliphatic heterocycles. The summed E-state index contributed by atoms with van der Waals surface area (Å²) in [5.41, 5.74) is 0.297. The van der Waals surface area contributed by atoms with Crippen molar-refractivity contribution in [2.45, 2.75) is 13.8 Å². The summed E-state index contributed by atoms with van der Waals surface area (Å²) in [5.74, 6) is -0.246. The summed E-state index contributed by atoms with van der Waals surface area (Å²) in [6.45, 7) is 2.43. The van der Waals surface area contributed by atoms with Gasteiger partial charge in [-0.3, -0.25) is 14.4 Å². The van der Waals surface area contributed by atoms with Crippen LogP contribution in [0.1, 0.15) is 13.8 Å². The number of fused-ring (bicyclic) bond motifs is 1. The van der Waals surface area contributed by atoms with Gasteiger partial charge in [-0.15, -0.1) is 0 Å². The summed E-state index contributed by atoms with van der Waals surface area (Å²) in [5, 5.41) is 0.0511. The van der Waals surface area contributed by atoms with Crippen molar-refractivity contribution < 1.29 is 28.2 Å². The van der Waals surface area contributed by atoms with Crippen LogP contribution in [0.2, 0.25) is 0 Å². The number of rotatable bonds is 4. The minimum atomic E-state index is -0.629. The number of methoxy groups -OCH3 is 1. The van der Waals surface area contributed by atoms with Gasteiger partial charge in [-0.25, -0.2) is 0 Å². The maximum Gasteiger partial charge on any atom is 0.308 e. The van der Waals surface area contributed by atoms with Gasteiger partial charge in [-0.2, -0.15) is 0 Å². The Morgan fingerprint density at radius 1 is 0.964 bits per heavy atom. The van der Waals surface area contributed by atoms with Crippen LogP contribution in [-0.2, 0) is 9.59 Å². The van der Waals surface area contributed by atoms with E-state index in [1.807, 2.05) is 0 Å². The molecule has 28 heavy (non-hydrogen) atoms. The molecule has 7 nitrogen and oxygen atoms in total. The number of benzene rings is 2. The number of halogens is 1. The molecule has 3 rings (SSSR count). The van der Waals surface area contributed by atoms with Gasteiger partial charge in [-0.1, -0.05) is 0 Å². The third-order valence-corrected chi connectivity index (χ3v) is 4.47. The zero-order valence-electron chi connectivity index (χ0n) is 15.2. The summed E-state index contributed by atoms with van der Waals surface area (Å²) in [7, 11) is 1.55. The van der Waals surface area contributed by atoms with Gasteiger partial charge in [-0.05, 0) is 40.2 Å². The minimum Gasteiger partial charge on any atom is -0.497 e. The molecule has 1 aromatic heterocycles. The molecule has 0 atom stereocenters. The summed E-state index contributed by atoms with van der Waals surface area (Å²) < 4.78 is 21.4. The fourth-order valence-corrected chi connectivity index (χ4v) is 3.13. The van der Waals surface area contributed by atoms with Crippen LogP contribution in [0.5, 0.6) is 17.2 Å². The first kappa shape index (κ1) is 19.6. The number of carbonyl (C=O) groups excluding carboxylic acids is 2. The second-order valence-electron chi connectivity index (χ2n) is 5.78. The normalized spacial score (nSPS) is 10.6. The molecule has 0 spiro atoms. The smallest absolute Gasteiger partial charge is 0.308 e. The molecule has 0 unspecified atom stereocenters. The fraction of sp³-hybridized carbons (Fsp3) is 0.150. The minimum absolute atomic E-state index is 0.0511. The quantitative estimate of drug-likeness (QED) is 0.440. The summed E-state index contributed by atoms with van der Waals surface area (Å²) in [6, 6.07) is 9.61. The van der Waals surface area contributed by atoms with Crippen molar-refractivity contribution in [1.82, 2.24) is 0 Å². The molecule has 0 N–H and O–H groups in total. The van der Waals surface area contributed by atoms with Crippen molar-refractivity contribution in [3.05, 3.63) is 51.1 Å². The molecule has 3 aromatic rings. The van der Waals surface area contributed by atoms with Crippen molar-refractivity contribution >= 4 is 38.8 Å². The molecule has 0 aliphatic rings. The van der Waals surface area contributed by atoms with Crippen molar-refractivity contribution in [2.75, 3.05) is 7.11 Å². The van der Waals surface area contributed by atoms with E-state index >= 15 is 0 Å². The summed E-state index contributed by atoms with van der Waals surface area (Å²) >= 11 is 3.27. The number of carbonyl (C=O) groups is 2. The third-order valence-electron chi connectivity index (χ3n) is 3.74. The summed E-state index contributed by atoms with van der Waals surface area (Å²) in [4.78, 5) is 35.7. The van der Waals surface area contributed by atoms with E-state index in [9.17, 15) is 14.4 Å². The van der Waals surface area contributed by atoms with Gasteiger partial charge in [0.1, 0.15) is 32.7 Å². The fourth-order valence-electron chi connectivity index (χ4n) is 2.63. The largest absolute Gasteiger partial charge is 0.497 e. The summed E-state index contributed by atoms with van der Waals surface area (Å²) in [6.07, 6.45) is 0. The van der Waals surface area contributed by atoms with Crippen LogP contribution < -0.4 is 19.6 Å². The zero-order chi connectivity index (χ0) is 20.4. The Bertz CT molecular complexity index is 1130. The van der Waals surface area contributed by atoms with E-state index in [4.69, 9.17) is 18.6 Å². The van der Waals surface area contributed by atoms with Crippen molar-refractivity contribution in [1.29, 1.82) is 0 Å². The molecule has 0 aliphatic carbocycles. The van der Waals surface area contributed by atoms with E-state index < -0.39 is 17.4 Å². The maximum atomic E-state index is 13.0. The average molecular weight is 447 g/mol. The van der Waals surface area contributed by atoms with Crippen LogP contribution in [0.15, 0.2) is 50.1 Å². The highest BCUT2D eigenvalue weighted by molar-refractivity contribution is 9.10. The predicted octanol–water partition coefficient (Wildman–Crippen LogP) is 4.08. The van der Waals surface area contributed by atoms with E-state index in [-0.39, 0.29) is 32.7 Å². The maximum absolute atomic E-state index is 13.0. The van der Waals surface area contributed by atoms with Crippen LogP contribution in [0.25, 0.3) is 22.3 Å². The molecule has 1 heterocycles. The SMILES string of the molecule is COc1ccc(-c2oc3cc(OC(C)=O)cc(OC(C)=O)c3c(=O)c2Br)cc1. The molecule has 0 saturated heterocycles. The van der Waals surface area contributed by atoms with Crippen LogP contribution >= 0.6 is 15.9 Å². The molecule has 0 amide bonds. The first-order valence-corrected chi connectivity index (χ1v) is 8.91. The van der Waals surface area contributed by atoms with Crippen molar-refractivity contribution in [3.63, 3.8) is 0 Å². The zero-order valence-corrected chi connectivity index (χ0v) is 16.8. The van der Waals surface area contributed by atoms with Crippen molar-refractivity contribution in [2.24, 2.45) is 0 Å². The Kier molecular flexibility index (Phi) is 5.51. The van der Waals surface area contributed by atoms with Crippen LogP contribution in [0.3, 0.4) is 0 Å². The number of hydrogen-bond acceptors (Lipinski definition) is 7. The van der Waals surface area contributed by atoms with Crippen LogP contribution in [0, 0.1) is 0 Å². The molecule has 2 aromatic carbocycles. The van der Waals surface area contributed by atoms with Gasteiger partial charge in [0.25, 0.3) is 0 Å². The molecular formula is C20H15BrO7.